The average Bonchev–Trinajstić information content (AvgIpc) is 2.35. The molecule has 0 fully saturated rings. The number of halogens is 2. The summed E-state index contributed by atoms with van der Waals surface area (Å²) < 4.78 is 24.7. The van der Waals surface area contributed by atoms with Crippen molar-refractivity contribution in [3.05, 3.63) is 27.7 Å². The average molecular weight is 339 g/mol. The third-order valence-corrected chi connectivity index (χ3v) is 5.95. The van der Waals surface area contributed by atoms with Crippen molar-refractivity contribution in [2.24, 2.45) is 5.92 Å². The van der Waals surface area contributed by atoms with E-state index in [9.17, 15) is 13.2 Å². The van der Waals surface area contributed by atoms with Gasteiger partial charge in [-0.1, -0.05) is 49.9 Å². The van der Waals surface area contributed by atoms with E-state index in [2.05, 4.69) is 0 Å². The Morgan fingerprint density at radius 3 is 2.25 bits per heavy atom. The lowest BCUT2D eigenvalue weighted by molar-refractivity contribution is 0.0697. The zero-order valence-electron chi connectivity index (χ0n) is 11.2. The quantitative estimate of drug-likeness (QED) is 0.853. The Balaban J connectivity index is 3.33. The van der Waals surface area contributed by atoms with Crippen LogP contribution < -0.4 is 0 Å². The predicted octanol–water partition coefficient (Wildman–Crippen LogP) is 3.90. The zero-order valence-corrected chi connectivity index (χ0v) is 13.5. The number of benzene rings is 1. The molecule has 1 rings (SSSR count). The summed E-state index contributed by atoms with van der Waals surface area (Å²) >= 11 is 11.7. The number of carbonyl (C=O) groups is 1. The Morgan fingerprint density at radius 1 is 1.25 bits per heavy atom. The summed E-state index contributed by atoms with van der Waals surface area (Å²) in [5, 5.41) is 8.64. The van der Waals surface area contributed by atoms with Crippen molar-refractivity contribution in [2.75, 3.05) is 5.75 Å². The molecule has 0 saturated heterocycles. The largest absolute Gasteiger partial charge is 0.478 e. The summed E-state index contributed by atoms with van der Waals surface area (Å²) in [6.45, 7) is 3.83. The second-order valence-corrected chi connectivity index (χ2v) is 7.29. The van der Waals surface area contributed by atoms with E-state index in [-0.39, 0.29) is 32.2 Å². The van der Waals surface area contributed by atoms with Gasteiger partial charge in [-0.15, -0.1) is 0 Å². The smallest absolute Gasteiger partial charge is 0.338 e. The van der Waals surface area contributed by atoms with Crippen LogP contribution in [0.3, 0.4) is 0 Å². The van der Waals surface area contributed by atoms with Gasteiger partial charge >= 0.3 is 5.97 Å². The van der Waals surface area contributed by atoms with Gasteiger partial charge < -0.3 is 5.11 Å². The minimum Gasteiger partial charge on any atom is -0.478 e. The number of rotatable bonds is 6. The SMILES string of the molecule is CCC(CC)CS(=O)(=O)c1ccc(Cl)c(C(=O)O)c1Cl. The monoisotopic (exact) mass is 338 g/mol. The predicted molar refractivity (Wildman–Crippen MR) is 79.5 cm³/mol. The van der Waals surface area contributed by atoms with Gasteiger partial charge in [0.15, 0.2) is 9.84 Å². The number of aromatic carboxylic acids is 1. The standard InChI is InChI=1S/C13H16Cl2O4S/c1-3-8(4-2)7-20(18,19)10-6-5-9(14)11(12(10)15)13(16)17/h5-6,8H,3-4,7H2,1-2H3,(H,16,17). The molecule has 0 aromatic heterocycles. The van der Waals surface area contributed by atoms with Crippen LogP contribution in [0.4, 0.5) is 0 Å². The molecule has 0 aliphatic rings. The van der Waals surface area contributed by atoms with Gasteiger partial charge in [-0.2, -0.15) is 0 Å². The van der Waals surface area contributed by atoms with Crippen molar-refractivity contribution >= 4 is 39.0 Å². The maximum Gasteiger partial charge on any atom is 0.338 e. The summed E-state index contributed by atoms with van der Waals surface area (Å²) in [7, 11) is -3.64. The second kappa shape index (κ2) is 6.78. The summed E-state index contributed by atoms with van der Waals surface area (Å²) in [4.78, 5) is 10.9. The lowest BCUT2D eigenvalue weighted by Crippen LogP contribution is -2.16. The third-order valence-electron chi connectivity index (χ3n) is 3.21. The van der Waals surface area contributed by atoms with Crippen molar-refractivity contribution in [1.82, 2.24) is 0 Å². The number of sulfone groups is 1. The maximum absolute atomic E-state index is 12.3. The second-order valence-electron chi connectivity index (χ2n) is 4.50. The van der Waals surface area contributed by atoms with Crippen molar-refractivity contribution in [1.29, 1.82) is 0 Å². The molecule has 0 aliphatic carbocycles. The molecule has 7 heteroatoms. The highest BCUT2D eigenvalue weighted by atomic mass is 35.5. The van der Waals surface area contributed by atoms with E-state index in [4.69, 9.17) is 28.3 Å². The molecule has 1 N–H and O–H groups in total. The molecule has 0 atom stereocenters. The lowest BCUT2D eigenvalue weighted by Gasteiger charge is -2.14. The molecular formula is C13H16Cl2O4S. The molecule has 1 aromatic carbocycles. The van der Waals surface area contributed by atoms with E-state index in [1.165, 1.54) is 12.1 Å². The van der Waals surface area contributed by atoms with Crippen LogP contribution in [0, 0.1) is 5.92 Å². The minimum atomic E-state index is -3.64. The van der Waals surface area contributed by atoms with E-state index in [0.717, 1.165) is 12.8 Å². The van der Waals surface area contributed by atoms with Crippen molar-refractivity contribution in [3.8, 4) is 0 Å². The molecule has 20 heavy (non-hydrogen) atoms. The first kappa shape index (κ1) is 17.3. The Kier molecular flexibility index (Phi) is 5.86. The number of hydrogen-bond acceptors (Lipinski definition) is 3. The molecular weight excluding hydrogens is 323 g/mol. The van der Waals surface area contributed by atoms with Crippen molar-refractivity contribution < 1.29 is 18.3 Å². The van der Waals surface area contributed by atoms with Crippen LogP contribution in [-0.2, 0) is 9.84 Å². The number of carboxylic acids is 1. The van der Waals surface area contributed by atoms with Gasteiger partial charge in [-0.3, -0.25) is 0 Å². The fourth-order valence-electron chi connectivity index (χ4n) is 1.89. The molecule has 0 radical (unpaired) electrons. The lowest BCUT2D eigenvalue weighted by atomic mass is 10.1. The van der Waals surface area contributed by atoms with Gasteiger partial charge in [-0.25, -0.2) is 13.2 Å². The first-order valence-electron chi connectivity index (χ1n) is 6.18. The fraction of sp³-hybridized carbons (Fsp3) is 0.462. The van der Waals surface area contributed by atoms with Gasteiger partial charge in [0, 0.05) is 0 Å². The van der Waals surface area contributed by atoms with Gasteiger partial charge in [0.05, 0.1) is 26.3 Å². The minimum absolute atomic E-state index is 0.0139. The normalized spacial score (nSPS) is 11.8. The topological polar surface area (TPSA) is 71.4 Å². The Labute approximate surface area is 128 Å². The first-order chi connectivity index (χ1) is 9.24. The van der Waals surface area contributed by atoms with Gasteiger partial charge in [-0.05, 0) is 18.1 Å². The maximum atomic E-state index is 12.3. The van der Waals surface area contributed by atoms with Crippen molar-refractivity contribution in [3.63, 3.8) is 0 Å². The summed E-state index contributed by atoms with van der Waals surface area (Å²) in [6, 6.07) is 2.51. The van der Waals surface area contributed by atoms with Crippen LogP contribution in [0.25, 0.3) is 0 Å². The van der Waals surface area contributed by atoms with Crippen LogP contribution >= 0.6 is 23.2 Å². The molecule has 0 amide bonds. The fourth-order valence-corrected chi connectivity index (χ4v) is 4.70. The van der Waals surface area contributed by atoms with Crippen LogP contribution in [0.2, 0.25) is 10.0 Å². The van der Waals surface area contributed by atoms with E-state index >= 15 is 0 Å². The summed E-state index contributed by atoms with van der Waals surface area (Å²) in [5.41, 5.74) is -0.376. The Bertz CT molecular complexity index is 607. The molecule has 1 aromatic rings. The summed E-state index contributed by atoms with van der Waals surface area (Å²) in [5.74, 6) is -1.39. The van der Waals surface area contributed by atoms with E-state index in [1.54, 1.807) is 0 Å². The third kappa shape index (κ3) is 3.65. The molecule has 0 unspecified atom stereocenters. The highest BCUT2D eigenvalue weighted by molar-refractivity contribution is 7.91. The van der Waals surface area contributed by atoms with Crippen LogP contribution in [0.5, 0.6) is 0 Å². The molecule has 0 saturated carbocycles. The number of carboxylic acid groups (broad SMARTS) is 1. The zero-order chi connectivity index (χ0) is 15.5. The number of hydrogen-bond donors (Lipinski definition) is 1. The van der Waals surface area contributed by atoms with E-state index in [0.29, 0.717) is 0 Å². The van der Waals surface area contributed by atoms with Gasteiger partial charge in [0.2, 0.25) is 0 Å². The highest BCUT2D eigenvalue weighted by Gasteiger charge is 2.26. The highest BCUT2D eigenvalue weighted by Crippen LogP contribution is 2.32. The molecule has 0 spiro atoms. The first-order valence-corrected chi connectivity index (χ1v) is 8.59. The van der Waals surface area contributed by atoms with Crippen molar-refractivity contribution in [2.45, 2.75) is 31.6 Å². The van der Waals surface area contributed by atoms with Crippen LogP contribution in [0.1, 0.15) is 37.0 Å². The molecule has 0 aliphatic heterocycles. The Hall–Kier alpha value is -0.780. The summed E-state index contributed by atoms with van der Waals surface area (Å²) in [6.07, 6.45) is 1.46. The molecule has 112 valence electrons. The van der Waals surface area contributed by atoms with E-state index in [1.807, 2.05) is 13.8 Å². The van der Waals surface area contributed by atoms with E-state index < -0.39 is 15.8 Å². The molecule has 4 nitrogen and oxygen atoms in total. The van der Waals surface area contributed by atoms with Gasteiger partial charge in [0.1, 0.15) is 0 Å². The van der Waals surface area contributed by atoms with Crippen LogP contribution in [0.15, 0.2) is 17.0 Å². The van der Waals surface area contributed by atoms with Gasteiger partial charge in [0.25, 0.3) is 0 Å². The van der Waals surface area contributed by atoms with Crippen LogP contribution in [-0.4, -0.2) is 25.2 Å². The molecule has 0 heterocycles. The Morgan fingerprint density at radius 2 is 1.80 bits per heavy atom. The molecule has 0 bridgehead atoms.